The average Bonchev–Trinajstić information content (AvgIpc) is 2.69. The molecule has 0 aromatic carbocycles. The second-order valence-electron chi connectivity index (χ2n) is 5.49. The van der Waals surface area contributed by atoms with Crippen molar-refractivity contribution in [2.24, 2.45) is 11.7 Å². The van der Waals surface area contributed by atoms with Gasteiger partial charge in [-0.2, -0.15) is 0 Å². The standard InChI is InChI=1S/C12H21NO4/c1-4-15-10(14)9-8(13)5-16-12(9)6-11(2,3)17-7-12/h8-9H,4-7,13H2,1-3H3. The first-order valence-corrected chi connectivity index (χ1v) is 6.10. The molecule has 5 heteroatoms. The predicted octanol–water partition coefficient (Wildman–Crippen LogP) is 0.461. The molecule has 0 aliphatic carbocycles. The summed E-state index contributed by atoms with van der Waals surface area (Å²) in [5.74, 6) is -0.678. The number of nitrogens with two attached hydrogens (primary N) is 1. The van der Waals surface area contributed by atoms with E-state index in [-0.39, 0.29) is 17.6 Å². The Morgan fingerprint density at radius 1 is 1.47 bits per heavy atom. The zero-order chi connectivity index (χ0) is 12.7. The minimum Gasteiger partial charge on any atom is -0.466 e. The van der Waals surface area contributed by atoms with Crippen molar-refractivity contribution in [2.45, 2.75) is 44.4 Å². The molecule has 0 saturated carbocycles. The highest BCUT2D eigenvalue weighted by Gasteiger charge is 2.59. The van der Waals surface area contributed by atoms with E-state index >= 15 is 0 Å². The molecule has 0 radical (unpaired) electrons. The number of esters is 1. The van der Waals surface area contributed by atoms with Crippen molar-refractivity contribution in [1.29, 1.82) is 0 Å². The molecule has 1 spiro atoms. The van der Waals surface area contributed by atoms with E-state index in [1.54, 1.807) is 6.92 Å². The van der Waals surface area contributed by atoms with Crippen LogP contribution in [-0.2, 0) is 19.0 Å². The van der Waals surface area contributed by atoms with E-state index in [4.69, 9.17) is 19.9 Å². The molecular weight excluding hydrogens is 222 g/mol. The van der Waals surface area contributed by atoms with E-state index in [1.165, 1.54) is 0 Å². The van der Waals surface area contributed by atoms with Crippen molar-refractivity contribution in [1.82, 2.24) is 0 Å². The van der Waals surface area contributed by atoms with Gasteiger partial charge in [-0.25, -0.2) is 0 Å². The first-order chi connectivity index (χ1) is 7.90. The van der Waals surface area contributed by atoms with Crippen LogP contribution < -0.4 is 5.73 Å². The normalized spacial score (nSPS) is 39.8. The fourth-order valence-electron chi connectivity index (χ4n) is 2.89. The van der Waals surface area contributed by atoms with Gasteiger partial charge in [-0.1, -0.05) is 0 Å². The number of carbonyl (C=O) groups excluding carboxylic acids is 1. The third-order valence-corrected chi connectivity index (χ3v) is 3.53. The molecule has 2 aliphatic rings. The Balaban J connectivity index is 2.19. The van der Waals surface area contributed by atoms with Crippen LogP contribution in [0.3, 0.4) is 0 Å². The van der Waals surface area contributed by atoms with Gasteiger partial charge in [-0.15, -0.1) is 0 Å². The number of hydrogen-bond donors (Lipinski definition) is 1. The zero-order valence-corrected chi connectivity index (χ0v) is 10.7. The topological polar surface area (TPSA) is 70.8 Å². The van der Waals surface area contributed by atoms with Crippen molar-refractivity contribution in [2.75, 3.05) is 19.8 Å². The lowest BCUT2D eigenvalue weighted by molar-refractivity contribution is -0.155. The Morgan fingerprint density at radius 3 is 2.71 bits per heavy atom. The number of rotatable bonds is 2. The summed E-state index contributed by atoms with van der Waals surface area (Å²) in [5, 5.41) is 0. The summed E-state index contributed by atoms with van der Waals surface area (Å²) >= 11 is 0. The van der Waals surface area contributed by atoms with E-state index in [9.17, 15) is 4.79 Å². The maximum atomic E-state index is 12.0. The molecule has 2 N–H and O–H groups in total. The second kappa shape index (κ2) is 4.23. The summed E-state index contributed by atoms with van der Waals surface area (Å²) < 4.78 is 16.6. The highest BCUT2D eigenvalue weighted by Crippen LogP contribution is 2.45. The van der Waals surface area contributed by atoms with Crippen LogP contribution in [0.2, 0.25) is 0 Å². The van der Waals surface area contributed by atoms with E-state index in [2.05, 4.69) is 0 Å². The fourth-order valence-corrected chi connectivity index (χ4v) is 2.89. The molecule has 17 heavy (non-hydrogen) atoms. The van der Waals surface area contributed by atoms with Crippen molar-refractivity contribution in [3.05, 3.63) is 0 Å². The molecule has 3 atom stereocenters. The van der Waals surface area contributed by atoms with Crippen LogP contribution in [0.15, 0.2) is 0 Å². The third-order valence-electron chi connectivity index (χ3n) is 3.53. The Kier molecular flexibility index (Phi) is 3.18. The zero-order valence-electron chi connectivity index (χ0n) is 10.7. The molecule has 0 bridgehead atoms. The van der Waals surface area contributed by atoms with Crippen LogP contribution in [0.4, 0.5) is 0 Å². The molecule has 0 amide bonds. The van der Waals surface area contributed by atoms with Gasteiger partial charge < -0.3 is 19.9 Å². The van der Waals surface area contributed by atoms with Crippen LogP contribution in [0.1, 0.15) is 27.2 Å². The van der Waals surface area contributed by atoms with Gasteiger partial charge in [-0.05, 0) is 20.8 Å². The highest BCUT2D eigenvalue weighted by molar-refractivity contribution is 5.75. The minimum atomic E-state index is -0.588. The number of ether oxygens (including phenoxy) is 3. The fraction of sp³-hybridized carbons (Fsp3) is 0.917. The second-order valence-corrected chi connectivity index (χ2v) is 5.49. The van der Waals surface area contributed by atoms with Crippen molar-refractivity contribution < 1.29 is 19.0 Å². The van der Waals surface area contributed by atoms with Crippen LogP contribution >= 0.6 is 0 Å². The van der Waals surface area contributed by atoms with E-state index in [0.717, 1.165) is 0 Å². The van der Waals surface area contributed by atoms with Crippen LogP contribution in [0.5, 0.6) is 0 Å². The molecule has 0 aromatic heterocycles. The average molecular weight is 243 g/mol. The number of hydrogen-bond acceptors (Lipinski definition) is 5. The van der Waals surface area contributed by atoms with E-state index in [1.807, 2.05) is 13.8 Å². The SMILES string of the molecule is CCOC(=O)C1C(N)COC12COC(C)(C)C2. The molecule has 98 valence electrons. The molecule has 5 nitrogen and oxygen atoms in total. The van der Waals surface area contributed by atoms with Crippen molar-refractivity contribution >= 4 is 5.97 Å². The molecule has 0 aromatic rings. The molecule has 2 saturated heterocycles. The van der Waals surface area contributed by atoms with Gasteiger partial charge in [0.2, 0.25) is 0 Å². The lowest BCUT2D eigenvalue weighted by atomic mass is 9.80. The van der Waals surface area contributed by atoms with E-state index < -0.39 is 11.5 Å². The highest BCUT2D eigenvalue weighted by atomic mass is 16.6. The summed E-state index contributed by atoms with van der Waals surface area (Å²) in [6.07, 6.45) is 0.678. The Labute approximate surface area is 102 Å². The number of carbonyl (C=O) groups is 1. The molecule has 2 heterocycles. The Morgan fingerprint density at radius 2 is 2.18 bits per heavy atom. The summed E-state index contributed by atoms with van der Waals surface area (Å²) in [6, 6.07) is -0.299. The molecule has 2 aliphatic heterocycles. The third kappa shape index (κ3) is 2.19. The Hall–Kier alpha value is -0.650. The molecule has 2 rings (SSSR count). The lowest BCUT2D eigenvalue weighted by Crippen LogP contribution is -2.47. The molecule has 3 unspecified atom stereocenters. The van der Waals surface area contributed by atoms with Gasteiger partial charge in [0.05, 0.1) is 25.4 Å². The van der Waals surface area contributed by atoms with Crippen LogP contribution in [0, 0.1) is 5.92 Å². The lowest BCUT2D eigenvalue weighted by Gasteiger charge is -2.28. The quantitative estimate of drug-likeness (QED) is 0.713. The van der Waals surface area contributed by atoms with Crippen LogP contribution in [-0.4, -0.2) is 43.0 Å². The first-order valence-electron chi connectivity index (χ1n) is 6.10. The predicted molar refractivity (Wildman–Crippen MR) is 61.4 cm³/mol. The molecular formula is C12H21NO4. The van der Waals surface area contributed by atoms with Gasteiger partial charge in [0.15, 0.2) is 0 Å². The van der Waals surface area contributed by atoms with Gasteiger partial charge in [0.25, 0.3) is 0 Å². The molecule has 2 fully saturated rings. The summed E-state index contributed by atoms with van der Waals surface area (Å²) in [7, 11) is 0. The van der Waals surface area contributed by atoms with Crippen molar-refractivity contribution in [3.63, 3.8) is 0 Å². The monoisotopic (exact) mass is 243 g/mol. The van der Waals surface area contributed by atoms with Gasteiger partial charge in [-0.3, -0.25) is 4.79 Å². The minimum absolute atomic E-state index is 0.265. The summed E-state index contributed by atoms with van der Waals surface area (Å²) in [4.78, 5) is 12.0. The largest absolute Gasteiger partial charge is 0.466 e. The first kappa shape index (κ1) is 12.8. The Bertz CT molecular complexity index is 318. The maximum absolute atomic E-state index is 12.0. The van der Waals surface area contributed by atoms with Crippen LogP contribution in [0.25, 0.3) is 0 Å². The summed E-state index contributed by atoms with van der Waals surface area (Å²) in [6.45, 7) is 6.96. The van der Waals surface area contributed by atoms with E-state index in [0.29, 0.717) is 26.2 Å². The summed E-state index contributed by atoms with van der Waals surface area (Å²) in [5.41, 5.74) is 5.11. The van der Waals surface area contributed by atoms with Gasteiger partial charge in [0, 0.05) is 12.5 Å². The maximum Gasteiger partial charge on any atom is 0.313 e. The van der Waals surface area contributed by atoms with Gasteiger partial charge in [0.1, 0.15) is 11.5 Å². The smallest absolute Gasteiger partial charge is 0.313 e. The van der Waals surface area contributed by atoms with Gasteiger partial charge >= 0.3 is 5.97 Å². The van der Waals surface area contributed by atoms with Crippen molar-refractivity contribution in [3.8, 4) is 0 Å².